The molecule has 2 heterocycles. The molecule has 2 aromatic carbocycles. The number of fused-ring (bicyclic) bond motifs is 1. The topological polar surface area (TPSA) is 47.6 Å². The second-order valence-corrected chi connectivity index (χ2v) is 6.52. The third-order valence-electron chi connectivity index (χ3n) is 3.94. The zero-order valence-corrected chi connectivity index (χ0v) is 13.9. The number of hydrogen-bond donors (Lipinski definition) is 1. The molecule has 0 radical (unpaired) electrons. The van der Waals surface area contributed by atoms with Gasteiger partial charge >= 0.3 is 0 Å². The summed E-state index contributed by atoms with van der Waals surface area (Å²) in [4.78, 5) is 13.7. The molecule has 1 aliphatic heterocycles. The molecule has 1 amide bonds. The summed E-state index contributed by atoms with van der Waals surface area (Å²) in [6.45, 7) is 0.161. The first-order chi connectivity index (χ1) is 12.2. The van der Waals surface area contributed by atoms with E-state index in [9.17, 15) is 9.18 Å². The number of carbonyl (C=O) groups excluding carboxylic acids is 1. The third-order valence-corrected chi connectivity index (χ3v) is 4.88. The van der Waals surface area contributed by atoms with Gasteiger partial charge in [-0.3, -0.25) is 4.79 Å². The Kier molecular flexibility index (Phi) is 4.11. The van der Waals surface area contributed by atoms with Crippen LogP contribution in [0, 0.1) is 5.82 Å². The Morgan fingerprint density at radius 1 is 1.08 bits per heavy atom. The van der Waals surface area contributed by atoms with Gasteiger partial charge in [0.05, 0.1) is 6.04 Å². The molecule has 1 aromatic heterocycles. The molecule has 1 N–H and O–H groups in total. The molecule has 126 valence electrons. The van der Waals surface area contributed by atoms with Crippen molar-refractivity contribution in [3.8, 4) is 11.5 Å². The largest absolute Gasteiger partial charge is 0.454 e. The molecule has 1 aliphatic rings. The van der Waals surface area contributed by atoms with Crippen molar-refractivity contribution in [2.45, 2.75) is 6.04 Å². The molecule has 0 fully saturated rings. The third kappa shape index (κ3) is 3.21. The van der Waals surface area contributed by atoms with Crippen LogP contribution in [0.4, 0.5) is 4.39 Å². The van der Waals surface area contributed by atoms with E-state index in [0.717, 1.165) is 10.4 Å². The van der Waals surface area contributed by atoms with E-state index in [-0.39, 0.29) is 24.6 Å². The maximum Gasteiger partial charge on any atom is 0.252 e. The molecule has 0 aliphatic carbocycles. The fraction of sp³-hybridized carbons (Fsp3) is 0.105. The molecule has 1 unspecified atom stereocenters. The summed E-state index contributed by atoms with van der Waals surface area (Å²) in [6, 6.07) is 14.7. The second kappa shape index (κ2) is 6.57. The van der Waals surface area contributed by atoms with Crippen LogP contribution in [0.2, 0.25) is 0 Å². The quantitative estimate of drug-likeness (QED) is 0.765. The number of carbonyl (C=O) groups is 1. The molecule has 0 saturated carbocycles. The number of hydrogen-bond acceptors (Lipinski definition) is 4. The highest BCUT2D eigenvalue weighted by atomic mass is 32.1. The summed E-state index contributed by atoms with van der Waals surface area (Å²) in [6.07, 6.45) is 0. The van der Waals surface area contributed by atoms with Gasteiger partial charge in [0.25, 0.3) is 5.91 Å². The smallest absolute Gasteiger partial charge is 0.252 e. The molecule has 0 bridgehead atoms. The Bertz CT molecular complexity index is 894. The zero-order chi connectivity index (χ0) is 17.2. The van der Waals surface area contributed by atoms with Crippen LogP contribution in [-0.2, 0) is 0 Å². The van der Waals surface area contributed by atoms with E-state index >= 15 is 0 Å². The van der Waals surface area contributed by atoms with Gasteiger partial charge in [-0.05, 0) is 47.3 Å². The molecule has 4 rings (SSSR count). The van der Waals surface area contributed by atoms with Crippen LogP contribution >= 0.6 is 11.3 Å². The van der Waals surface area contributed by atoms with E-state index in [0.29, 0.717) is 17.1 Å². The number of thiophene rings is 1. The first kappa shape index (κ1) is 15.7. The fourth-order valence-electron chi connectivity index (χ4n) is 2.68. The van der Waals surface area contributed by atoms with Crippen LogP contribution in [0.1, 0.15) is 26.8 Å². The van der Waals surface area contributed by atoms with Gasteiger partial charge in [-0.1, -0.05) is 18.2 Å². The zero-order valence-electron chi connectivity index (χ0n) is 13.1. The second-order valence-electron chi connectivity index (χ2n) is 5.54. The predicted molar refractivity (Wildman–Crippen MR) is 92.6 cm³/mol. The lowest BCUT2D eigenvalue weighted by molar-refractivity contribution is 0.0943. The molecule has 6 heteroatoms. The lowest BCUT2D eigenvalue weighted by Crippen LogP contribution is -2.28. The van der Waals surface area contributed by atoms with Crippen LogP contribution in [0.15, 0.2) is 60.0 Å². The average Bonchev–Trinajstić information content (AvgIpc) is 3.31. The standard InChI is InChI=1S/C19H14FNO3S/c20-14-6-3-12(4-7-14)18(17-2-1-9-25-17)21-19(22)13-5-8-15-16(10-13)24-11-23-15/h1-10,18H,11H2,(H,21,22). The van der Waals surface area contributed by atoms with Crippen molar-refractivity contribution in [3.63, 3.8) is 0 Å². The van der Waals surface area contributed by atoms with Crippen LogP contribution < -0.4 is 14.8 Å². The van der Waals surface area contributed by atoms with Gasteiger partial charge in [0, 0.05) is 10.4 Å². The Morgan fingerprint density at radius 3 is 2.64 bits per heavy atom. The van der Waals surface area contributed by atoms with Gasteiger partial charge in [0.2, 0.25) is 6.79 Å². The number of amides is 1. The normalized spacial score (nSPS) is 13.5. The number of benzene rings is 2. The minimum Gasteiger partial charge on any atom is -0.454 e. The number of rotatable bonds is 4. The van der Waals surface area contributed by atoms with Crippen molar-refractivity contribution in [2.24, 2.45) is 0 Å². The van der Waals surface area contributed by atoms with Gasteiger partial charge in [0.15, 0.2) is 11.5 Å². The molecule has 0 spiro atoms. The van der Waals surface area contributed by atoms with Crippen molar-refractivity contribution >= 4 is 17.2 Å². The average molecular weight is 355 g/mol. The predicted octanol–water partition coefficient (Wildman–Crippen LogP) is 4.14. The van der Waals surface area contributed by atoms with E-state index in [1.165, 1.54) is 23.5 Å². The highest BCUT2D eigenvalue weighted by Crippen LogP contribution is 2.33. The van der Waals surface area contributed by atoms with Gasteiger partial charge in [0.1, 0.15) is 5.82 Å². The van der Waals surface area contributed by atoms with E-state index < -0.39 is 0 Å². The Morgan fingerprint density at radius 2 is 1.88 bits per heavy atom. The van der Waals surface area contributed by atoms with E-state index in [1.54, 1.807) is 30.3 Å². The highest BCUT2D eigenvalue weighted by Gasteiger charge is 2.21. The van der Waals surface area contributed by atoms with Crippen LogP contribution in [0.5, 0.6) is 11.5 Å². The Hall–Kier alpha value is -2.86. The van der Waals surface area contributed by atoms with Crippen LogP contribution in [-0.4, -0.2) is 12.7 Å². The SMILES string of the molecule is O=C(NC(c1ccc(F)cc1)c1cccs1)c1ccc2c(c1)OCO2. The highest BCUT2D eigenvalue weighted by molar-refractivity contribution is 7.10. The van der Waals surface area contributed by atoms with Crippen molar-refractivity contribution in [2.75, 3.05) is 6.79 Å². The van der Waals surface area contributed by atoms with Crippen molar-refractivity contribution < 1.29 is 18.7 Å². The fourth-order valence-corrected chi connectivity index (χ4v) is 3.48. The Labute approximate surface area is 147 Å². The number of ether oxygens (including phenoxy) is 2. The minimum absolute atomic E-state index is 0.161. The van der Waals surface area contributed by atoms with Crippen LogP contribution in [0.25, 0.3) is 0 Å². The molecule has 3 aromatic rings. The number of halogens is 1. The summed E-state index contributed by atoms with van der Waals surface area (Å²) < 4.78 is 23.8. The minimum atomic E-state index is -0.349. The molecular weight excluding hydrogens is 341 g/mol. The molecule has 1 atom stereocenters. The van der Waals surface area contributed by atoms with Gasteiger partial charge in [-0.2, -0.15) is 0 Å². The summed E-state index contributed by atoms with van der Waals surface area (Å²) in [5.41, 5.74) is 1.30. The molecule has 0 saturated heterocycles. The van der Waals surface area contributed by atoms with Gasteiger partial charge < -0.3 is 14.8 Å². The van der Waals surface area contributed by atoms with E-state index in [4.69, 9.17) is 9.47 Å². The summed E-state index contributed by atoms with van der Waals surface area (Å²) in [5, 5.41) is 4.96. The first-order valence-electron chi connectivity index (χ1n) is 7.70. The summed E-state index contributed by atoms with van der Waals surface area (Å²) in [5.74, 6) is 0.642. The number of nitrogens with one attached hydrogen (secondary N) is 1. The molecular formula is C19H14FNO3S. The van der Waals surface area contributed by atoms with E-state index in [2.05, 4.69) is 5.32 Å². The maximum atomic E-state index is 13.2. The van der Waals surface area contributed by atoms with Gasteiger partial charge in [-0.25, -0.2) is 4.39 Å². The molecule has 25 heavy (non-hydrogen) atoms. The van der Waals surface area contributed by atoms with Crippen molar-refractivity contribution in [1.29, 1.82) is 0 Å². The molecule has 4 nitrogen and oxygen atoms in total. The summed E-state index contributed by atoms with van der Waals surface area (Å²) >= 11 is 1.53. The Balaban J connectivity index is 1.62. The van der Waals surface area contributed by atoms with Gasteiger partial charge in [-0.15, -0.1) is 11.3 Å². The van der Waals surface area contributed by atoms with Crippen molar-refractivity contribution in [3.05, 3.63) is 81.8 Å². The van der Waals surface area contributed by atoms with Crippen molar-refractivity contribution in [1.82, 2.24) is 5.32 Å². The lowest BCUT2D eigenvalue weighted by Gasteiger charge is -2.18. The first-order valence-corrected chi connectivity index (χ1v) is 8.58. The van der Waals surface area contributed by atoms with Crippen LogP contribution in [0.3, 0.4) is 0 Å². The van der Waals surface area contributed by atoms with E-state index in [1.807, 2.05) is 17.5 Å². The summed E-state index contributed by atoms with van der Waals surface area (Å²) in [7, 11) is 0. The monoisotopic (exact) mass is 355 g/mol. The lowest BCUT2D eigenvalue weighted by atomic mass is 10.0. The maximum absolute atomic E-state index is 13.2.